The highest BCUT2D eigenvalue weighted by Crippen LogP contribution is 2.23. The minimum Gasteiger partial charge on any atom is -0.481 e. The van der Waals surface area contributed by atoms with Crippen molar-refractivity contribution in [2.24, 2.45) is 5.92 Å². The Hall–Kier alpha value is -1.06. The standard InChI is InChI=1S/C14H25NO3/c1-2-7-12(10-13(16)17)15-14(18)11-8-5-3-4-6-9-11/h11-12H,2-10H2,1H3,(H,15,18)(H,16,17). The fourth-order valence-electron chi connectivity index (χ4n) is 2.65. The first-order chi connectivity index (χ1) is 8.63. The third-order valence-electron chi connectivity index (χ3n) is 3.63. The van der Waals surface area contributed by atoms with E-state index >= 15 is 0 Å². The van der Waals surface area contributed by atoms with E-state index in [4.69, 9.17) is 5.11 Å². The number of carboxylic acid groups (broad SMARTS) is 1. The third kappa shape index (κ3) is 5.52. The summed E-state index contributed by atoms with van der Waals surface area (Å²) < 4.78 is 0. The quantitative estimate of drug-likeness (QED) is 0.717. The minimum atomic E-state index is -0.838. The molecule has 1 saturated carbocycles. The Morgan fingerprint density at radius 2 is 1.83 bits per heavy atom. The minimum absolute atomic E-state index is 0.0340. The maximum atomic E-state index is 12.1. The van der Waals surface area contributed by atoms with Crippen LogP contribution < -0.4 is 5.32 Å². The molecule has 0 aromatic rings. The second-order valence-electron chi connectivity index (χ2n) is 5.28. The molecule has 1 atom stereocenters. The lowest BCUT2D eigenvalue weighted by atomic mass is 9.98. The van der Waals surface area contributed by atoms with Crippen LogP contribution in [0.2, 0.25) is 0 Å². The van der Waals surface area contributed by atoms with Crippen LogP contribution in [0.25, 0.3) is 0 Å². The normalized spacial score (nSPS) is 18.9. The molecule has 0 radical (unpaired) electrons. The zero-order chi connectivity index (χ0) is 13.4. The zero-order valence-electron chi connectivity index (χ0n) is 11.3. The van der Waals surface area contributed by atoms with Crippen molar-refractivity contribution in [3.63, 3.8) is 0 Å². The molecule has 1 unspecified atom stereocenters. The Labute approximate surface area is 109 Å². The number of carbonyl (C=O) groups excluding carboxylic acids is 1. The number of carbonyl (C=O) groups is 2. The van der Waals surface area contributed by atoms with Crippen molar-refractivity contribution in [1.29, 1.82) is 0 Å². The first kappa shape index (κ1) is 15.0. The van der Waals surface area contributed by atoms with Crippen LogP contribution in [0.5, 0.6) is 0 Å². The summed E-state index contributed by atoms with van der Waals surface area (Å²) in [6, 6.07) is -0.205. The molecule has 4 heteroatoms. The number of hydrogen-bond acceptors (Lipinski definition) is 2. The van der Waals surface area contributed by atoms with E-state index in [9.17, 15) is 9.59 Å². The van der Waals surface area contributed by atoms with Gasteiger partial charge in [-0.15, -0.1) is 0 Å². The molecule has 1 fully saturated rings. The van der Waals surface area contributed by atoms with Gasteiger partial charge in [-0.1, -0.05) is 39.0 Å². The molecular formula is C14H25NO3. The molecule has 0 spiro atoms. The molecule has 1 rings (SSSR count). The smallest absolute Gasteiger partial charge is 0.305 e. The van der Waals surface area contributed by atoms with Gasteiger partial charge in [-0.25, -0.2) is 0 Å². The lowest BCUT2D eigenvalue weighted by Gasteiger charge is -2.20. The van der Waals surface area contributed by atoms with Crippen molar-refractivity contribution in [1.82, 2.24) is 5.32 Å². The summed E-state index contributed by atoms with van der Waals surface area (Å²) in [7, 11) is 0. The molecule has 0 aliphatic heterocycles. The SMILES string of the molecule is CCCC(CC(=O)O)NC(=O)C1CCCCCC1. The van der Waals surface area contributed by atoms with Gasteiger partial charge in [-0.2, -0.15) is 0 Å². The second-order valence-corrected chi connectivity index (χ2v) is 5.28. The lowest BCUT2D eigenvalue weighted by molar-refractivity contribution is -0.137. The van der Waals surface area contributed by atoms with E-state index in [2.05, 4.69) is 5.32 Å². The first-order valence-corrected chi connectivity index (χ1v) is 7.15. The van der Waals surface area contributed by atoms with Gasteiger partial charge in [0, 0.05) is 12.0 Å². The molecule has 1 amide bonds. The van der Waals surface area contributed by atoms with E-state index in [1.807, 2.05) is 6.92 Å². The van der Waals surface area contributed by atoms with Crippen molar-refractivity contribution in [2.45, 2.75) is 70.8 Å². The molecule has 1 aliphatic carbocycles. The van der Waals surface area contributed by atoms with Gasteiger partial charge in [-0.05, 0) is 19.3 Å². The monoisotopic (exact) mass is 255 g/mol. The van der Waals surface area contributed by atoms with Crippen LogP contribution in [0.1, 0.15) is 64.7 Å². The first-order valence-electron chi connectivity index (χ1n) is 7.15. The van der Waals surface area contributed by atoms with E-state index in [1.54, 1.807) is 0 Å². The van der Waals surface area contributed by atoms with Crippen molar-refractivity contribution >= 4 is 11.9 Å². The highest BCUT2D eigenvalue weighted by atomic mass is 16.4. The predicted octanol–water partition coefficient (Wildman–Crippen LogP) is 2.72. The molecule has 104 valence electrons. The third-order valence-corrected chi connectivity index (χ3v) is 3.63. The summed E-state index contributed by atoms with van der Waals surface area (Å²) >= 11 is 0. The Kier molecular flexibility index (Phi) is 6.76. The molecule has 2 N–H and O–H groups in total. The highest BCUT2D eigenvalue weighted by Gasteiger charge is 2.23. The number of carboxylic acids is 1. The van der Waals surface area contributed by atoms with E-state index in [0.717, 1.165) is 38.5 Å². The average molecular weight is 255 g/mol. The van der Waals surface area contributed by atoms with Crippen LogP contribution in [-0.2, 0) is 9.59 Å². The van der Waals surface area contributed by atoms with Crippen LogP contribution in [-0.4, -0.2) is 23.0 Å². The maximum absolute atomic E-state index is 12.1. The van der Waals surface area contributed by atoms with Crippen LogP contribution in [0, 0.1) is 5.92 Å². The molecule has 4 nitrogen and oxygen atoms in total. The molecule has 0 bridgehead atoms. The summed E-state index contributed by atoms with van der Waals surface area (Å²) in [6.07, 6.45) is 8.26. The summed E-state index contributed by atoms with van der Waals surface area (Å²) in [5.41, 5.74) is 0. The predicted molar refractivity (Wildman–Crippen MR) is 70.3 cm³/mol. The number of amides is 1. The molecule has 0 heterocycles. The summed E-state index contributed by atoms with van der Waals surface area (Å²) in [5, 5.41) is 11.8. The van der Waals surface area contributed by atoms with Gasteiger partial charge < -0.3 is 10.4 Å². The molecular weight excluding hydrogens is 230 g/mol. The van der Waals surface area contributed by atoms with Gasteiger partial charge in [0.25, 0.3) is 0 Å². The maximum Gasteiger partial charge on any atom is 0.305 e. The fourth-order valence-corrected chi connectivity index (χ4v) is 2.65. The van der Waals surface area contributed by atoms with Crippen LogP contribution in [0.15, 0.2) is 0 Å². The average Bonchev–Trinajstić information content (AvgIpc) is 2.56. The largest absolute Gasteiger partial charge is 0.481 e. The van der Waals surface area contributed by atoms with Crippen LogP contribution in [0.4, 0.5) is 0 Å². The highest BCUT2D eigenvalue weighted by molar-refractivity contribution is 5.79. The van der Waals surface area contributed by atoms with Crippen molar-refractivity contribution in [3.8, 4) is 0 Å². The van der Waals surface area contributed by atoms with Gasteiger partial charge in [0.2, 0.25) is 5.91 Å². The molecule has 1 aliphatic rings. The Bertz CT molecular complexity index is 270. The number of rotatable bonds is 6. The Morgan fingerprint density at radius 1 is 1.22 bits per heavy atom. The topological polar surface area (TPSA) is 66.4 Å². The van der Waals surface area contributed by atoms with Crippen molar-refractivity contribution in [2.75, 3.05) is 0 Å². The fraction of sp³-hybridized carbons (Fsp3) is 0.857. The van der Waals surface area contributed by atoms with Crippen LogP contribution in [0.3, 0.4) is 0 Å². The van der Waals surface area contributed by atoms with Crippen molar-refractivity contribution < 1.29 is 14.7 Å². The Morgan fingerprint density at radius 3 is 2.33 bits per heavy atom. The number of hydrogen-bond donors (Lipinski definition) is 2. The van der Waals surface area contributed by atoms with E-state index in [-0.39, 0.29) is 24.3 Å². The zero-order valence-corrected chi connectivity index (χ0v) is 11.3. The van der Waals surface area contributed by atoms with E-state index in [0.29, 0.717) is 0 Å². The molecule has 18 heavy (non-hydrogen) atoms. The van der Waals surface area contributed by atoms with Gasteiger partial charge in [-0.3, -0.25) is 9.59 Å². The van der Waals surface area contributed by atoms with Crippen molar-refractivity contribution in [3.05, 3.63) is 0 Å². The van der Waals surface area contributed by atoms with Gasteiger partial charge in [0.1, 0.15) is 0 Å². The Balaban J connectivity index is 2.45. The lowest BCUT2D eigenvalue weighted by Crippen LogP contribution is -2.40. The molecule has 0 aromatic heterocycles. The molecule has 0 aromatic carbocycles. The second kappa shape index (κ2) is 8.11. The van der Waals surface area contributed by atoms with Crippen LogP contribution >= 0.6 is 0 Å². The summed E-state index contributed by atoms with van der Waals surface area (Å²) in [4.78, 5) is 22.9. The number of nitrogens with one attached hydrogen (secondary N) is 1. The van der Waals surface area contributed by atoms with Gasteiger partial charge in [0.05, 0.1) is 6.42 Å². The number of aliphatic carboxylic acids is 1. The van der Waals surface area contributed by atoms with Gasteiger partial charge >= 0.3 is 5.97 Å². The van der Waals surface area contributed by atoms with E-state index < -0.39 is 5.97 Å². The summed E-state index contributed by atoms with van der Waals surface area (Å²) in [5.74, 6) is -0.674. The summed E-state index contributed by atoms with van der Waals surface area (Å²) in [6.45, 7) is 2.01. The van der Waals surface area contributed by atoms with E-state index in [1.165, 1.54) is 12.8 Å². The van der Waals surface area contributed by atoms with Gasteiger partial charge in [0.15, 0.2) is 0 Å². The molecule has 0 saturated heterocycles.